The van der Waals surface area contributed by atoms with E-state index in [2.05, 4.69) is 15.5 Å². The Hall–Kier alpha value is -2.14. The number of nitrogens with zero attached hydrogens (tertiary/aromatic N) is 2. The Morgan fingerprint density at radius 2 is 1.96 bits per heavy atom. The van der Waals surface area contributed by atoms with Crippen molar-refractivity contribution in [2.75, 3.05) is 18.2 Å². The highest BCUT2D eigenvalue weighted by Crippen LogP contribution is 2.37. The lowest BCUT2D eigenvalue weighted by molar-refractivity contribution is -0.115. The van der Waals surface area contributed by atoms with Gasteiger partial charge in [-0.05, 0) is 30.3 Å². The highest BCUT2D eigenvalue weighted by Gasteiger charge is 2.19. The van der Waals surface area contributed by atoms with Gasteiger partial charge in [-0.1, -0.05) is 28.3 Å². The summed E-state index contributed by atoms with van der Waals surface area (Å²) in [6.07, 6.45) is -0.281. The summed E-state index contributed by atoms with van der Waals surface area (Å²) in [7, 11) is -2.14. The van der Waals surface area contributed by atoms with Crippen molar-refractivity contribution < 1.29 is 22.4 Å². The van der Waals surface area contributed by atoms with Gasteiger partial charge in [0.2, 0.25) is 5.91 Å². The molecule has 1 amide bonds. The van der Waals surface area contributed by atoms with Gasteiger partial charge in [-0.3, -0.25) is 10.1 Å². The molecule has 0 spiro atoms. The van der Waals surface area contributed by atoms with E-state index in [-0.39, 0.29) is 29.0 Å². The van der Waals surface area contributed by atoms with Crippen LogP contribution < -0.4 is 10.1 Å². The summed E-state index contributed by atoms with van der Waals surface area (Å²) in [5.74, 6) is -0.329. The lowest BCUT2D eigenvalue weighted by Crippen LogP contribution is -2.17. The maximum absolute atomic E-state index is 12.3. The molecular weight excluding hydrogens is 449 g/mol. The molecule has 0 radical (unpaired) electrons. The monoisotopic (exact) mass is 461 g/mol. The zero-order valence-corrected chi connectivity index (χ0v) is 17.5. The molecule has 0 atom stereocenters. The van der Waals surface area contributed by atoms with E-state index in [0.29, 0.717) is 20.0 Å². The molecule has 0 aliphatic heterocycles. The number of halogens is 2. The fourth-order valence-corrected chi connectivity index (χ4v) is 4.87. The number of nitrogens with one attached hydrogen (secondary N) is 1. The second-order valence-corrected chi connectivity index (χ2v) is 9.84. The first-order chi connectivity index (χ1) is 13.3. The molecule has 3 aromatic rings. The molecule has 12 heteroatoms. The quantitative estimate of drug-likeness (QED) is 0.567. The predicted molar refractivity (Wildman–Crippen MR) is 106 cm³/mol. The fourth-order valence-electron chi connectivity index (χ4n) is 2.18. The summed E-state index contributed by atoms with van der Waals surface area (Å²) in [5, 5.41) is 9.85. The molecule has 1 aromatic carbocycles. The van der Waals surface area contributed by atoms with E-state index in [1.807, 2.05) is 0 Å². The first kappa shape index (κ1) is 20.6. The summed E-state index contributed by atoms with van der Waals surface area (Å²) in [6, 6.07) is 7.32. The number of thiophene rings is 1. The zero-order valence-electron chi connectivity index (χ0n) is 14.3. The molecule has 0 saturated carbocycles. The van der Waals surface area contributed by atoms with Crippen molar-refractivity contribution in [3.05, 3.63) is 39.0 Å². The van der Waals surface area contributed by atoms with Crippen LogP contribution in [0, 0.1) is 0 Å². The van der Waals surface area contributed by atoms with E-state index in [4.69, 9.17) is 32.4 Å². The van der Waals surface area contributed by atoms with Gasteiger partial charge in [-0.2, -0.15) is 0 Å². The van der Waals surface area contributed by atoms with Crippen molar-refractivity contribution >= 4 is 56.3 Å². The number of methoxy groups -OCH3 is 1. The third kappa shape index (κ3) is 4.82. The second-order valence-electron chi connectivity index (χ2n) is 5.44. The molecule has 2 heterocycles. The zero-order chi connectivity index (χ0) is 20.3. The van der Waals surface area contributed by atoms with Gasteiger partial charge in [0.05, 0.1) is 27.7 Å². The summed E-state index contributed by atoms with van der Waals surface area (Å²) < 4.78 is 35.8. The molecule has 0 saturated heterocycles. The van der Waals surface area contributed by atoms with Crippen molar-refractivity contribution in [2.24, 2.45) is 0 Å². The lowest BCUT2D eigenvalue weighted by atomic mass is 10.3. The maximum Gasteiger partial charge on any atom is 0.322 e. The number of benzene rings is 1. The highest BCUT2D eigenvalue weighted by atomic mass is 35.5. The molecule has 1 N–H and O–H groups in total. The van der Waals surface area contributed by atoms with Gasteiger partial charge < -0.3 is 9.15 Å². The first-order valence-corrected chi connectivity index (χ1v) is 11.0. The van der Waals surface area contributed by atoms with Gasteiger partial charge in [-0.25, -0.2) is 8.42 Å². The number of rotatable bonds is 7. The van der Waals surface area contributed by atoms with Gasteiger partial charge >= 0.3 is 6.01 Å². The Morgan fingerprint density at radius 3 is 2.57 bits per heavy atom. The summed E-state index contributed by atoms with van der Waals surface area (Å²) >= 11 is 13.0. The molecule has 28 heavy (non-hydrogen) atoms. The van der Waals surface area contributed by atoms with E-state index in [0.717, 1.165) is 11.3 Å². The summed E-state index contributed by atoms with van der Waals surface area (Å²) in [5.41, 5.74) is 0.451. The minimum Gasteiger partial charge on any atom is -0.497 e. The minimum atomic E-state index is -3.63. The minimum absolute atomic E-state index is 0.0919. The van der Waals surface area contributed by atoms with Crippen molar-refractivity contribution in [2.45, 2.75) is 11.3 Å². The smallest absolute Gasteiger partial charge is 0.322 e. The van der Waals surface area contributed by atoms with Crippen LogP contribution in [0.2, 0.25) is 8.67 Å². The fraction of sp³-hybridized carbons (Fsp3) is 0.188. The van der Waals surface area contributed by atoms with Crippen molar-refractivity contribution in [1.82, 2.24) is 10.2 Å². The van der Waals surface area contributed by atoms with Crippen molar-refractivity contribution in [3.8, 4) is 17.2 Å². The lowest BCUT2D eigenvalue weighted by Gasteiger charge is -2.05. The van der Waals surface area contributed by atoms with Gasteiger partial charge in [0.25, 0.3) is 5.89 Å². The van der Waals surface area contributed by atoms with Crippen molar-refractivity contribution in [1.29, 1.82) is 0 Å². The van der Waals surface area contributed by atoms with E-state index in [9.17, 15) is 13.2 Å². The number of carbonyl (C=O) groups is 1. The number of sulfone groups is 1. The first-order valence-electron chi connectivity index (χ1n) is 7.74. The van der Waals surface area contributed by atoms with Gasteiger partial charge in [0.15, 0.2) is 9.84 Å². The Morgan fingerprint density at radius 1 is 1.25 bits per heavy atom. The van der Waals surface area contributed by atoms with E-state index in [1.54, 1.807) is 6.07 Å². The van der Waals surface area contributed by atoms with E-state index in [1.165, 1.54) is 31.4 Å². The normalized spacial score (nSPS) is 11.4. The topological polar surface area (TPSA) is 111 Å². The summed E-state index contributed by atoms with van der Waals surface area (Å²) in [6.45, 7) is 0. The summed E-state index contributed by atoms with van der Waals surface area (Å²) in [4.78, 5) is 12.1. The molecule has 0 unspecified atom stereocenters. The number of hydrogen-bond acceptors (Lipinski definition) is 8. The number of anilines is 1. The van der Waals surface area contributed by atoms with Crippen LogP contribution in [-0.4, -0.2) is 37.4 Å². The molecule has 0 fully saturated rings. The van der Waals surface area contributed by atoms with Crippen LogP contribution in [0.15, 0.2) is 39.6 Å². The van der Waals surface area contributed by atoms with Crippen molar-refractivity contribution in [3.63, 3.8) is 0 Å². The molecular formula is C16H13Cl2N3O5S2. The standard InChI is InChI=1S/C16H13Cl2N3O5S2/c1-25-9-2-4-10(5-3-9)28(23,24)7-6-13(22)19-16-21-20-15(26-16)11-8-12(17)27-14(11)18/h2-5,8H,6-7H2,1H3,(H,19,21,22). The number of aromatic nitrogens is 2. The average molecular weight is 462 g/mol. The van der Waals surface area contributed by atoms with E-state index >= 15 is 0 Å². The molecule has 0 bridgehead atoms. The number of carbonyl (C=O) groups excluding carboxylic acids is 1. The molecule has 8 nitrogen and oxygen atoms in total. The van der Waals surface area contributed by atoms with Crippen LogP contribution >= 0.6 is 34.5 Å². The molecule has 2 aromatic heterocycles. The number of hydrogen-bond donors (Lipinski definition) is 1. The van der Waals surface area contributed by atoms with Crippen LogP contribution in [0.5, 0.6) is 5.75 Å². The van der Waals surface area contributed by atoms with Crippen LogP contribution in [0.1, 0.15) is 6.42 Å². The van der Waals surface area contributed by atoms with Crippen LogP contribution in [-0.2, 0) is 14.6 Å². The number of ether oxygens (including phenoxy) is 1. The molecule has 148 valence electrons. The SMILES string of the molecule is COc1ccc(S(=O)(=O)CCC(=O)Nc2nnc(-c3cc(Cl)sc3Cl)o2)cc1. The third-order valence-corrected chi connectivity index (χ3v) is 6.79. The van der Waals surface area contributed by atoms with Gasteiger partial charge in [0.1, 0.15) is 10.1 Å². The predicted octanol–water partition coefficient (Wildman–Crippen LogP) is 3.92. The van der Waals surface area contributed by atoms with Gasteiger partial charge in [-0.15, -0.1) is 16.4 Å². The maximum atomic E-state index is 12.3. The molecule has 3 rings (SSSR count). The highest BCUT2D eigenvalue weighted by molar-refractivity contribution is 7.91. The van der Waals surface area contributed by atoms with Crippen LogP contribution in [0.4, 0.5) is 6.01 Å². The Balaban J connectivity index is 1.60. The molecule has 0 aliphatic rings. The largest absolute Gasteiger partial charge is 0.497 e. The number of amides is 1. The third-order valence-electron chi connectivity index (χ3n) is 3.57. The van der Waals surface area contributed by atoms with Crippen LogP contribution in [0.3, 0.4) is 0 Å². The van der Waals surface area contributed by atoms with E-state index < -0.39 is 15.7 Å². The Kier molecular flexibility index (Phi) is 6.23. The van der Waals surface area contributed by atoms with Crippen LogP contribution in [0.25, 0.3) is 11.5 Å². The Bertz CT molecular complexity index is 1090. The van der Waals surface area contributed by atoms with Gasteiger partial charge in [0, 0.05) is 6.42 Å². The second kappa shape index (κ2) is 8.48. The Labute approximate surface area is 174 Å². The average Bonchev–Trinajstić information content (AvgIpc) is 3.25. The molecule has 0 aliphatic carbocycles.